The van der Waals surface area contributed by atoms with Gasteiger partial charge in [-0.15, -0.1) is 5.10 Å². The van der Waals surface area contributed by atoms with Crippen molar-refractivity contribution in [3.63, 3.8) is 0 Å². The molecule has 9 heteroatoms. The van der Waals surface area contributed by atoms with Crippen molar-refractivity contribution >= 4 is 16.3 Å². The maximum atomic E-state index is 12.0. The third kappa shape index (κ3) is 2.76. The molecule has 0 saturated carbocycles. The predicted molar refractivity (Wildman–Crippen MR) is 85.9 cm³/mol. The van der Waals surface area contributed by atoms with Crippen molar-refractivity contribution in [1.29, 1.82) is 0 Å². The van der Waals surface area contributed by atoms with Crippen LogP contribution in [0.15, 0.2) is 45.6 Å². The molecule has 0 radical (unpaired) electrons. The van der Waals surface area contributed by atoms with Crippen LogP contribution in [0.2, 0.25) is 0 Å². The second-order valence-corrected chi connectivity index (χ2v) is 6.09. The predicted octanol–water partition coefficient (Wildman–Crippen LogP) is 2.09. The average molecular weight is 341 g/mol. The first kappa shape index (κ1) is 14.5. The second-order valence-electron chi connectivity index (χ2n) is 4.93. The van der Waals surface area contributed by atoms with Crippen LogP contribution >= 0.6 is 11.3 Å². The molecule has 3 aromatic heterocycles. The molecule has 0 amide bonds. The van der Waals surface area contributed by atoms with Gasteiger partial charge in [-0.2, -0.15) is 9.61 Å². The van der Waals surface area contributed by atoms with E-state index in [0.29, 0.717) is 16.5 Å². The lowest BCUT2D eigenvalue weighted by molar-refractivity contribution is 0.219. The first-order chi connectivity index (χ1) is 11.7. The van der Waals surface area contributed by atoms with Crippen LogP contribution < -0.4 is 10.3 Å². The minimum atomic E-state index is -0.251. The summed E-state index contributed by atoms with van der Waals surface area (Å²) in [6, 6.07) is 10.8. The summed E-state index contributed by atoms with van der Waals surface area (Å²) in [6.07, 6.45) is 0.0244. The molecule has 0 atom stereocenters. The SMILES string of the molecule is Cc1nn2c(=O)cc(COc3nnc(-c4ccccc4)o3)nc2s1. The smallest absolute Gasteiger partial charge is 0.415 e. The first-order valence-corrected chi connectivity index (χ1v) is 7.89. The fourth-order valence-electron chi connectivity index (χ4n) is 2.13. The third-order valence-corrected chi connectivity index (χ3v) is 3.99. The zero-order valence-corrected chi connectivity index (χ0v) is 13.4. The van der Waals surface area contributed by atoms with E-state index in [-0.39, 0.29) is 18.2 Å². The standard InChI is InChI=1S/C15H11N5O3S/c1-9-19-20-12(21)7-11(16-14(20)24-9)8-22-15-18-17-13(23-15)10-5-3-2-4-6-10/h2-7H,8H2,1H3. The van der Waals surface area contributed by atoms with Crippen molar-refractivity contribution in [2.75, 3.05) is 0 Å². The highest BCUT2D eigenvalue weighted by Crippen LogP contribution is 2.20. The van der Waals surface area contributed by atoms with Gasteiger partial charge >= 0.3 is 6.08 Å². The zero-order chi connectivity index (χ0) is 16.5. The lowest BCUT2D eigenvalue weighted by atomic mass is 10.2. The summed E-state index contributed by atoms with van der Waals surface area (Å²) in [5.74, 6) is 0.368. The number of ether oxygens (including phenoxy) is 1. The molecule has 0 fully saturated rings. The molecule has 0 N–H and O–H groups in total. The molecule has 0 spiro atoms. The average Bonchev–Trinajstić information content (AvgIpc) is 3.20. The van der Waals surface area contributed by atoms with Gasteiger partial charge in [-0.05, 0) is 19.1 Å². The van der Waals surface area contributed by atoms with Gasteiger partial charge in [-0.1, -0.05) is 34.6 Å². The van der Waals surface area contributed by atoms with Gasteiger partial charge in [0.05, 0.1) is 5.69 Å². The topological polar surface area (TPSA) is 95.4 Å². The van der Waals surface area contributed by atoms with Gasteiger partial charge in [0, 0.05) is 11.6 Å². The maximum Gasteiger partial charge on any atom is 0.415 e. The molecule has 0 bridgehead atoms. The highest BCUT2D eigenvalue weighted by atomic mass is 32.1. The Morgan fingerprint density at radius 3 is 2.92 bits per heavy atom. The van der Waals surface area contributed by atoms with E-state index in [2.05, 4.69) is 20.3 Å². The number of benzene rings is 1. The van der Waals surface area contributed by atoms with Crippen LogP contribution in [0.4, 0.5) is 0 Å². The van der Waals surface area contributed by atoms with E-state index in [4.69, 9.17) is 9.15 Å². The van der Waals surface area contributed by atoms with Gasteiger partial charge in [0.2, 0.25) is 4.96 Å². The van der Waals surface area contributed by atoms with Crippen LogP contribution in [-0.4, -0.2) is 24.8 Å². The summed E-state index contributed by atoms with van der Waals surface area (Å²) in [7, 11) is 0. The molecule has 0 aliphatic carbocycles. The molecular formula is C15H11N5O3S. The number of rotatable bonds is 4. The van der Waals surface area contributed by atoms with E-state index in [1.54, 1.807) is 0 Å². The van der Waals surface area contributed by atoms with Crippen LogP contribution in [0, 0.1) is 6.92 Å². The van der Waals surface area contributed by atoms with Gasteiger partial charge in [0.25, 0.3) is 11.4 Å². The molecule has 8 nitrogen and oxygen atoms in total. The number of nitrogens with zero attached hydrogens (tertiary/aromatic N) is 5. The molecule has 0 aliphatic rings. The fourth-order valence-corrected chi connectivity index (χ4v) is 2.89. The van der Waals surface area contributed by atoms with E-state index in [1.807, 2.05) is 37.3 Å². The number of aryl methyl sites for hydroxylation is 1. The summed E-state index contributed by atoms with van der Waals surface area (Å²) in [4.78, 5) is 16.8. The lowest BCUT2D eigenvalue weighted by Crippen LogP contribution is -2.16. The van der Waals surface area contributed by atoms with E-state index < -0.39 is 0 Å². The highest BCUT2D eigenvalue weighted by Gasteiger charge is 2.11. The van der Waals surface area contributed by atoms with Crippen LogP contribution in [0.1, 0.15) is 10.7 Å². The molecule has 0 aliphatic heterocycles. The number of hydrogen-bond donors (Lipinski definition) is 0. The summed E-state index contributed by atoms with van der Waals surface area (Å²) < 4.78 is 12.2. The van der Waals surface area contributed by atoms with Crippen molar-refractivity contribution in [2.45, 2.75) is 13.5 Å². The fraction of sp³-hybridized carbons (Fsp3) is 0.133. The summed E-state index contributed by atoms with van der Waals surface area (Å²) in [5, 5.41) is 12.6. The normalized spacial score (nSPS) is 11.0. The minimum absolute atomic E-state index is 0.0244. The summed E-state index contributed by atoms with van der Waals surface area (Å²) >= 11 is 1.34. The zero-order valence-electron chi connectivity index (χ0n) is 12.5. The number of aromatic nitrogens is 5. The summed E-state index contributed by atoms with van der Waals surface area (Å²) in [6.45, 7) is 1.87. The molecule has 4 rings (SSSR count). The molecule has 1 aromatic carbocycles. The molecule has 0 unspecified atom stereocenters. The highest BCUT2D eigenvalue weighted by molar-refractivity contribution is 7.16. The quantitative estimate of drug-likeness (QED) is 0.561. The number of fused-ring (bicyclic) bond motifs is 1. The van der Waals surface area contributed by atoms with Crippen LogP contribution in [0.5, 0.6) is 6.08 Å². The Morgan fingerprint density at radius 2 is 2.08 bits per heavy atom. The van der Waals surface area contributed by atoms with Crippen LogP contribution in [0.25, 0.3) is 16.4 Å². The largest absolute Gasteiger partial charge is 0.443 e. The maximum absolute atomic E-state index is 12.0. The van der Waals surface area contributed by atoms with Gasteiger partial charge < -0.3 is 9.15 Å². The van der Waals surface area contributed by atoms with E-state index in [1.165, 1.54) is 21.9 Å². The summed E-state index contributed by atoms with van der Waals surface area (Å²) in [5.41, 5.74) is 1.03. The van der Waals surface area contributed by atoms with E-state index in [9.17, 15) is 4.79 Å². The van der Waals surface area contributed by atoms with Gasteiger partial charge in [-0.3, -0.25) is 4.79 Å². The van der Waals surface area contributed by atoms with Crippen molar-refractivity contribution in [2.24, 2.45) is 0 Å². The van der Waals surface area contributed by atoms with Crippen LogP contribution in [0.3, 0.4) is 0 Å². The van der Waals surface area contributed by atoms with Crippen molar-refractivity contribution in [3.05, 3.63) is 57.5 Å². The number of hydrogen-bond acceptors (Lipinski definition) is 8. The Hall–Kier alpha value is -3.07. The monoisotopic (exact) mass is 341 g/mol. The molecule has 4 aromatic rings. The second kappa shape index (κ2) is 5.85. The Labute approximate surface area is 139 Å². The van der Waals surface area contributed by atoms with Crippen molar-refractivity contribution < 1.29 is 9.15 Å². The van der Waals surface area contributed by atoms with Gasteiger partial charge in [0.15, 0.2) is 0 Å². The van der Waals surface area contributed by atoms with E-state index in [0.717, 1.165) is 10.6 Å². The molecule has 24 heavy (non-hydrogen) atoms. The van der Waals surface area contributed by atoms with Crippen molar-refractivity contribution in [1.82, 2.24) is 24.8 Å². The Balaban J connectivity index is 1.53. The minimum Gasteiger partial charge on any atom is -0.443 e. The van der Waals surface area contributed by atoms with Gasteiger partial charge in [-0.25, -0.2) is 4.98 Å². The van der Waals surface area contributed by atoms with E-state index >= 15 is 0 Å². The van der Waals surface area contributed by atoms with Gasteiger partial charge in [0.1, 0.15) is 11.6 Å². The molecule has 120 valence electrons. The van der Waals surface area contributed by atoms with Crippen molar-refractivity contribution in [3.8, 4) is 17.5 Å². The lowest BCUT2D eigenvalue weighted by Gasteiger charge is -2.00. The molecular weight excluding hydrogens is 330 g/mol. The Kier molecular flexibility index (Phi) is 3.54. The molecule has 0 saturated heterocycles. The Bertz CT molecular complexity index is 1050. The third-order valence-electron chi connectivity index (χ3n) is 3.17. The Morgan fingerprint density at radius 1 is 1.25 bits per heavy atom. The first-order valence-electron chi connectivity index (χ1n) is 7.07. The molecule has 3 heterocycles. The van der Waals surface area contributed by atoms with Crippen LogP contribution in [-0.2, 0) is 6.61 Å².